The maximum Gasteiger partial charge on any atom is 0.414 e. The van der Waals surface area contributed by atoms with Gasteiger partial charge in [0.2, 0.25) is 0 Å². The van der Waals surface area contributed by atoms with E-state index in [0.717, 1.165) is 50.9 Å². The second-order valence-electron chi connectivity index (χ2n) is 7.01. The first-order chi connectivity index (χ1) is 14.9. The van der Waals surface area contributed by atoms with Crippen LogP contribution in [0.3, 0.4) is 0 Å². The fraction of sp³-hybridized carbons (Fsp3) is 0.417. The van der Waals surface area contributed by atoms with Crippen LogP contribution < -0.4 is 4.74 Å². The van der Waals surface area contributed by atoms with Gasteiger partial charge in [-0.1, -0.05) is 56.3 Å². The van der Waals surface area contributed by atoms with E-state index in [1.54, 1.807) is 6.07 Å². The number of halogens is 1. The van der Waals surface area contributed by atoms with Gasteiger partial charge in [0, 0.05) is 13.0 Å². The second-order valence-corrected chi connectivity index (χ2v) is 7.01. The lowest BCUT2D eigenvalue weighted by molar-refractivity contribution is -0.159. The number of carbonyl (C=O) groups is 2. The Balaban J connectivity index is 0.000000703. The van der Waals surface area contributed by atoms with E-state index in [1.165, 1.54) is 11.6 Å². The maximum atomic E-state index is 14.3. The number of aliphatic carboxylic acids is 2. The Morgan fingerprint density at radius 1 is 0.871 bits per heavy atom. The largest absolute Gasteiger partial charge is 0.490 e. The first-order valence-corrected chi connectivity index (χ1v) is 10.5. The summed E-state index contributed by atoms with van der Waals surface area (Å²) in [5.41, 5.74) is 2.17. The molecule has 0 aromatic heterocycles. The van der Waals surface area contributed by atoms with Crippen molar-refractivity contribution >= 4 is 11.9 Å². The van der Waals surface area contributed by atoms with Gasteiger partial charge in [0.05, 0.1) is 6.61 Å². The standard InChI is InChI=1S/C22H30FNO.C2H2O4/c1-3-15-24(16-4-2)17-13-20-11-8-12-21(23)22(20)25-18-14-19-9-6-5-7-10-19;3-1(4)2(5)6/h5-12H,3-4,13-18H2,1-2H3;(H,3,4)(H,5,6). The van der Waals surface area contributed by atoms with Crippen LogP contribution in [0.2, 0.25) is 0 Å². The minimum atomic E-state index is -1.82. The highest BCUT2D eigenvalue weighted by Gasteiger charge is 2.12. The van der Waals surface area contributed by atoms with E-state index in [-0.39, 0.29) is 5.82 Å². The lowest BCUT2D eigenvalue weighted by Gasteiger charge is -2.21. The van der Waals surface area contributed by atoms with Crippen LogP contribution in [0.15, 0.2) is 48.5 Å². The van der Waals surface area contributed by atoms with Crippen molar-refractivity contribution in [2.75, 3.05) is 26.2 Å². The van der Waals surface area contributed by atoms with Crippen LogP contribution in [-0.2, 0) is 22.4 Å². The predicted octanol–water partition coefficient (Wildman–Crippen LogP) is 4.27. The second kappa shape index (κ2) is 15.0. The molecule has 0 amide bonds. The molecule has 7 heteroatoms. The molecule has 170 valence electrons. The van der Waals surface area contributed by atoms with E-state index in [1.807, 2.05) is 24.3 Å². The third kappa shape index (κ3) is 10.6. The Bertz CT molecular complexity index is 780. The minimum Gasteiger partial charge on any atom is -0.490 e. The molecular weight excluding hydrogens is 401 g/mol. The van der Waals surface area contributed by atoms with Gasteiger partial charge in [-0.3, -0.25) is 0 Å². The summed E-state index contributed by atoms with van der Waals surface area (Å²) in [5, 5.41) is 14.8. The predicted molar refractivity (Wildman–Crippen MR) is 118 cm³/mol. The normalized spacial score (nSPS) is 10.3. The van der Waals surface area contributed by atoms with Crippen LogP contribution in [0.5, 0.6) is 5.75 Å². The highest BCUT2D eigenvalue weighted by atomic mass is 19.1. The van der Waals surface area contributed by atoms with Crippen LogP contribution in [0.1, 0.15) is 37.8 Å². The average molecular weight is 434 g/mol. The van der Waals surface area contributed by atoms with Crippen LogP contribution in [0.25, 0.3) is 0 Å². The zero-order valence-corrected chi connectivity index (χ0v) is 18.2. The summed E-state index contributed by atoms with van der Waals surface area (Å²) in [6, 6.07) is 15.4. The summed E-state index contributed by atoms with van der Waals surface area (Å²) >= 11 is 0. The number of rotatable bonds is 11. The van der Waals surface area contributed by atoms with Crippen molar-refractivity contribution < 1.29 is 28.9 Å². The van der Waals surface area contributed by atoms with Crippen LogP contribution in [0, 0.1) is 5.82 Å². The van der Waals surface area contributed by atoms with Gasteiger partial charge in [-0.05, 0) is 49.5 Å². The number of nitrogens with zero attached hydrogens (tertiary/aromatic N) is 1. The van der Waals surface area contributed by atoms with Crippen LogP contribution in [0.4, 0.5) is 4.39 Å². The monoisotopic (exact) mass is 433 g/mol. The van der Waals surface area contributed by atoms with Gasteiger partial charge >= 0.3 is 11.9 Å². The first-order valence-electron chi connectivity index (χ1n) is 10.5. The lowest BCUT2D eigenvalue weighted by Crippen LogP contribution is -2.28. The summed E-state index contributed by atoms with van der Waals surface area (Å²) < 4.78 is 20.1. The van der Waals surface area contributed by atoms with E-state index in [0.29, 0.717) is 12.4 Å². The lowest BCUT2D eigenvalue weighted by atomic mass is 10.1. The number of para-hydroxylation sites is 1. The number of hydrogen-bond acceptors (Lipinski definition) is 4. The van der Waals surface area contributed by atoms with Gasteiger partial charge < -0.3 is 19.8 Å². The fourth-order valence-electron chi connectivity index (χ4n) is 3.07. The summed E-state index contributed by atoms with van der Waals surface area (Å²) in [5.74, 6) is -3.49. The van der Waals surface area contributed by atoms with Gasteiger partial charge in [-0.2, -0.15) is 0 Å². The molecule has 0 saturated carbocycles. The molecule has 0 spiro atoms. The van der Waals surface area contributed by atoms with Gasteiger partial charge in [0.1, 0.15) is 0 Å². The molecule has 0 atom stereocenters. The molecule has 0 aliphatic rings. The first kappa shape index (κ1) is 26.1. The molecule has 0 aliphatic heterocycles. The highest BCUT2D eigenvalue weighted by Crippen LogP contribution is 2.24. The van der Waals surface area contributed by atoms with Crippen molar-refractivity contribution in [1.29, 1.82) is 0 Å². The smallest absolute Gasteiger partial charge is 0.414 e. The zero-order valence-electron chi connectivity index (χ0n) is 18.2. The number of ether oxygens (including phenoxy) is 1. The van der Waals surface area contributed by atoms with Gasteiger partial charge in [0.15, 0.2) is 11.6 Å². The van der Waals surface area contributed by atoms with Crippen LogP contribution in [-0.4, -0.2) is 53.3 Å². The number of hydrogen-bond donors (Lipinski definition) is 2. The summed E-state index contributed by atoms with van der Waals surface area (Å²) in [6.07, 6.45) is 3.89. The third-order valence-electron chi connectivity index (χ3n) is 4.49. The van der Waals surface area contributed by atoms with Crippen LogP contribution >= 0.6 is 0 Å². The molecule has 0 radical (unpaired) electrons. The Morgan fingerprint density at radius 3 is 2.03 bits per heavy atom. The average Bonchev–Trinajstić information content (AvgIpc) is 2.75. The quantitative estimate of drug-likeness (QED) is 0.515. The van der Waals surface area contributed by atoms with E-state index < -0.39 is 11.9 Å². The third-order valence-corrected chi connectivity index (χ3v) is 4.49. The Hall–Kier alpha value is -2.93. The van der Waals surface area contributed by atoms with E-state index >= 15 is 0 Å². The van der Waals surface area contributed by atoms with E-state index in [2.05, 4.69) is 30.9 Å². The topological polar surface area (TPSA) is 87.1 Å². The molecule has 31 heavy (non-hydrogen) atoms. The molecule has 0 unspecified atom stereocenters. The van der Waals surface area contributed by atoms with Crippen molar-refractivity contribution in [2.24, 2.45) is 0 Å². The van der Waals surface area contributed by atoms with Gasteiger partial charge in [-0.15, -0.1) is 0 Å². The Labute approximate surface area is 183 Å². The SMILES string of the molecule is CCCN(CCC)CCc1cccc(F)c1OCCc1ccccc1.O=C(O)C(=O)O. The zero-order chi connectivity index (χ0) is 23.1. The van der Waals surface area contributed by atoms with Crippen molar-refractivity contribution in [3.8, 4) is 5.75 Å². The minimum absolute atomic E-state index is 0.261. The molecular formula is C24H32FNO5. The molecule has 2 rings (SSSR count). The molecule has 0 heterocycles. The van der Waals surface area contributed by atoms with E-state index in [9.17, 15) is 4.39 Å². The summed E-state index contributed by atoms with van der Waals surface area (Å²) in [6.45, 7) is 8.01. The maximum absolute atomic E-state index is 14.3. The number of carboxylic acids is 2. The number of carboxylic acid groups (broad SMARTS) is 2. The molecule has 0 bridgehead atoms. The molecule has 0 fully saturated rings. The molecule has 2 aromatic rings. The number of benzene rings is 2. The molecule has 6 nitrogen and oxygen atoms in total. The fourth-order valence-corrected chi connectivity index (χ4v) is 3.07. The molecule has 2 aromatic carbocycles. The van der Waals surface area contributed by atoms with E-state index in [4.69, 9.17) is 24.5 Å². The van der Waals surface area contributed by atoms with Crippen molar-refractivity contribution in [2.45, 2.75) is 39.5 Å². The molecule has 0 aliphatic carbocycles. The molecule has 0 saturated heterocycles. The highest BCUT2D eigenvalue weighted by molar-refractivity contribution is 6.27. The van der Waals surface area contributed by atoms with Crippen molar-refractivity contribution in [3.05, 3.63) is 65.5 Å². The summed E-state index contributed by atoms with van der Waals surface area (Å²) in [4.78, 5) is 20.6. The summed E-state index contributed by atoms with van der Waals surface area (Å²) in [7, 11) is 0. The van der Waals surface area contributed by atoms with Gasteiger partial charge in [-0.25, -0.2) is 14.0 Å². The molecule has 2 N–H and O–H groups in total. The van der Waals surface area contributed by atoms with Crippen molar-refractivity contribution in [3.63, 3.8) is 0 Å². The Morgan fingerprint density at radius 2 is 1.48 bits per heavy atom. The van der Waals surface area contributed by atoms with Gasteiger partial charge in [0.25, 0.3) is 0 Å². The van der Waals surface area contributed by atoms with Crippen molar-refractivity contribution in [1.82, 2.24) is 4.90 Å². The Kier molecular flexibility index (Phi) is 12.6.